The van der Waals surface area contributed by atoms with Crippen LogP contribution >= 0.6 is 0 Å². The van der Waals surface area contributed by atoms with Gasteiger partial charge in [-0.2, -0.15) is 0 Å². The Labute approximate surface area is 109 Å². The summed E-state index contributed by atoms with van der Waals surface area (Å²) in [6, 6.07) is 0. The minimum Gasteiger partial charge on any atom is -0.291 e. The van der Waals surface area contributed by atoms with Gasteiger partial charge in [0.25, 0.3) is 0 Å². The van der Waals surface area contributed by atoms with Gasteiger partial charge in [0, 0.05) is 9.16 Å². The molecule has 0 spiro atoms. The number of rotatable bonds is 6. The van der Waals surface area contributed by atoms with Gasteiger partial charge in [-0.25, -0.2) is 4.39 Å². The Morgan fingerprint density at radius 1 is 1.39 bits per heavy atom. The van der Waals surface area contributed by atoms with E-state index in [0.29, 0.717) is 36.8 Å². The lowest BCUT2D eigenvalue weighted by molar-refractivity contribution is -0.143. The van der Waals surface area contributed by atoms with E-state index in [-0.39, 0.29) is 6.42 Å². The lowest BCUT2D eigenvalue weighted by atomic mass is 10.1. The third-order valence-electron chi connectivity index (χ3n) is 2.68. The van der Waals surface area contributed by atoms with Crippen LogP contribution in [-0.2, 0) is 14.4 Å². The van der Waals surface area contributed by atoms with Crippen molar-refractivity contribution in [3.05, 3.63) is 12.0 Å². The fraction of sp³-hybridized carbons (Fsp3) is 0.615. The lowest BCUT2D eigenvalue weighted by Crippen LogP contribution is -2.37. The minimum atomic E-state index is -1.22. The molecule has 0 bridgehead atoms. The Morgan fingerprint density at radius 2 is 2.06 bits per heavy atom. The second-order valence-electron chi connectivity index (χ2n) is 4.15. The third-order valence-corrected chi connectivity index (χ3v) is 2.68. The van der Waals surface area contributed by atoms with Crippen molar-refractivity contribution in [1.29, 1.82) is 0 Å². The fourth-order valence-electron chi connectivity index (χ4n) is 1.65. The monoisotopic (exact) mass is 257 g/mol. The van der Waals surface area contributed by atoms with Crippen LogP contribution in [0.3, 0.4) is 0 Å². The van der Waals surface area contributed by atoms with Gasteiger partial charge in [-0.05, 0) is 6.42 Å². The number of hydrogen-bond acceptors (Lipinski definition) is 3. The number of unbranched alkanes of at least 4 members (excludes halogenated alkanes) is 2. The van der Waals surface area contributed by atoms with Crippen molar-refractivity contribution in [3.8, 4) is 0 Å². The maximum atomic E-state index is 13.1. The zero-order chi connectivity index (χ0) is 15.3. The number of allylic oxidation sites excluding steroid dienone is 1. The highest BCUT2D eigenvalue weighted by Crippen LogP contribution is 2.16. The molecule has 5 heteroatoms. The molecule has 1 rings (SSSR count). The minimum absolute atomic E-state index is 0.0798. The van der Waals surface area contributed by atoms with Crippen LogP contribution in [0.15, 0.2) is 12.0 Å². The number of carbonyl (C=O) groups is 3. The molecule has 0 saturated carbocycles. The summed E-state index contributed by atoms with van der Waals surface area (Å²) in [4.78, 5) is 34.8. The molecule has 4 nitrogen and oxygen atoms in total. The number of imide groups is 1. The Balaban J connectivity index is 2.36. The van der Waals surface area contributed by atoms with Crippen LogP contribution in [0.25, 0.3) is 0 Å². The van der Waals surface area contributed by atoms with E-state index in [1.165, 1.54) is 6.92 Å². The zero-order valence-corrected chi connectivity index (χ0v) is 10.4. The number of carbonyl (C=O) groups excluding carboxylic acids is 3. The van der Waals surface area contributed by atoms with Gasteiger partial charge in [-0.3, -0.25) is 19.3 Å². The lowest BCUT2D eigenvalue weighted by Gasteiger charge is -2.19. The maximum Gasteiger partial charge on any atom is 0.241 e. The Morgan fingerprint density at radius 3 is 2.72 bits per heavy atom. The summed E-state index contributed by atoms with van der Waals surface area (Å²) >= 11 is 0. The highest BCUT2D eigenvalue weighted by atomic mass is 19.1. The molecule has 0 atom stereocenters. The van der Waals surface area contributed by atoms with E-state index in [1.807, 2.05) is 0 Å². The van der Waals surface area contributed by atoms with Gasteiger partial charge < -0.3 is 0 Å². The highest BCUT2D eigenvalue weighted by Gasteiger charge is 2.29. The standard InChI is InChI=1S/C13H18FNO3/c1-2-3-4-5-6-7-12(17)15-9-10(14)11(16)8-13(15)18/h9H,2-8H2,1H3/i2D2. The van der Waals surface area contributed by atoms with E-state index in [9.17, 15) is 18.8 Å². The van der Waals surface area contributed by atoms with E-state index in [2.05, 4.69) is 0 Å². The van der Waals surface area contributed by atoms with E-state index in [1.54, 1.807) is 0 Å². The summed E-state index contributed by atoms with van der Waals surface area (Å²) < 4.78 is 27.7. The summed E-state index contributed by atoms with van der Waals surface area (Å²) in [7, 11) is 0. The molecule has 0 radical (unpaired) electrons. The molecule has 2 amide bonds. The van der Waals surface area contributed by atoms with Crippen molar-refractivity contribution in [1.82, 2.24) is 4.90 Å². The average molecular weight is 257 g/mol. The third kappa shape index (κ3) is 4.05. The molecule has 0 aromatic rings. The van der Waals surface area contributed by atoms with Crippen LogP contribution in [0.2, 0.25) is 0 Å². The number of hydrogen-bond donors (Lipinski definition) is 0. The summed E-state index contributed by atoms with van der Waals surface area (Å²) in [5, 5.41) is 0. The molecule has 100 valence electrons. The van der Waals surface area contributed by atoms with E-state index < -0.39 is 36.2 Å². The van der Waals surface area contributed by atoms with Crippen LogP contribution in [-0.4, -0.2) is 22.5 Å². The molecule has 1 aliphatic rings. The second kappa shape index (κ2) is 7.03. The molecule has 0 aromatic carbocycles. The number of amides is 2. The van der Waals surface area contributed by atoms with Crippen molar-refractivity contribution < 1.29 is 21.5 Å². The zero-order valence-electron chi connectivity index (χ0n) is 12.4. The molecular weight excluding hydrogens is 237 g/mol. The SMILES string of the molecule is [2H]C([2H])(C)CCCCCC(=O)N1C=C(F)C(=O)CC1=O. The number of ketones is 1. The highest BCUT2D eigenvalue weighted by molar-refractivity contribution is 6.13. The van der Waals surface area contributed by atoms with Gasteiger partial charge in [0.2, 0.25) is 17.6 Å². The number of halogens is 1. The van der Waals surface area contributed by atoms with E-state index in [4.69, 9.17) is 2.74 Å². The summed E-state index contributed by atoms with van der Waals surface area (Å²) in [5.74, 6) is -3.20. The van der Waals surface area contributed by atoms with E-state index >= 15 is 0 Å². The van der Waals surface area contributed by atoms with Crippen molar-refractivity contribution in [2.75, 3.05) is 0 Å². The van der Waals surface area contributed by atoms with Crippen molar-refractivity contribution in [2.45, 2.75) is 51.8 Å². The van der Waals surface area contributed by atoms with Gasteiger partial charge in [0.1, 0.15) is 0 Å². The fourth-order valence-corrected chi connectivity index (χ4v) is 1.65. The van der Waals surface area contributed by atoms with Crippen molar-refractivity contribution in [3.63, 3.8) is 0 Å². The maximum absolute atomic E-state index is 13.1. The van der Waals surface area contributed by atoms with Gasteiger partial charge in [0.15, 0.2) is 5.83 Å². The summed E-state index contributed by atoms with van der Waals surface area (Å²) in [6.45, 7) is 1.50. The first kappa shape index (κ1) is 11.6. The Hall–Kier alpha value is -1.52. The quantitative estimate of drug-likeness (QED) is 0.542. The first-order valence-electron chi connectivity index (χ1n) is 6.96. The van der Waals surface area contributed by atoms with Crippen LogP contribution in [0.4, 0.5) is 4.39 Å². The number of nitrogens with zero attached hydrogens (tertiary/aromatic N) is 1. The van der Waals surface area contributed by atoms with Crippen LogP contribution in [0, 0.1) is 0 Å². The smallest absolute Gasteiger partial charge is 0.241 e. The predicted molar refractivity (Wildman–Crippen MR) is 64.0 cm³/mol. The average Bonchev–Trinajstić information content (AvgIpc) is 2.31. The molecule has 1 aliphatic heterocycles. The molecule has 0 N–H and O–H groups in total. The molecule has 1 heterocycles. The molecular formula is C13H18FNO3. The topological polar surface area (TPSA) is 54.5 Å². The normalized spacial score (nSPS) is 18.3. The largest absolute Gasteiger partial charge is 0.291 e. The molecule has 0 aromatic heterocycles. The molecule has 0 aliphatic carbocycles. The van der Waals surface area contributed by atoms with Crippen LogP contribution in [0.5, 0.6) is 0 Å². The van der Waals surface area contributed by atoms with Gasteiger partial charge in [-0.1, -0.05) is 32.6 Å². The van der Waals surface area contributed by atoms with Gasteiger partial charge in [0.05, 0.1) is 12.6 Å². The summed E-state index contributed by atoms with van der Waals surface area (Å²) in [6.07, 6.45) is 1.12. The Bertz CT molecular complexity index is 443. The van der Waals surface area contributed by atoms with Gasteiger partial charge >= 0.3 is 0 Å². The molecule has 0 unspecified atom stereocenters. The number of Topliss-reactive ketones (excluding diaryl/α,β-unsaturated/α-hetero) is 1. The summed E-state index contributed by atoms with van der Waals surface area (Å²) in [5.41, 5.74) is 0. The van der Waals surface area contributed by atoms with Crippen molar-refractivity contribution >= 4 is 17.6 Å². The first-order chi connectivity index (χ1) is 9.20. The van der Waals surface area contributed by atoms with Crippen LogP contribution in [0.1, 0.15) is 54.6 Å². The van der Waals surface area contributed by atoms with E-state index in [0.717, 1.165) is 0 Å². The Kier molecular flexibility index (Phi) is 4.52. The van der Waals surface area contributed by atoms with Crippen molar-refractivity contribution in [2.24, 2.45) is 0 Å². The molecule has 18 heavy (non-hydrogen) atoms. The predicted octanol–water partition coefficient (Wildman–Crippen LogP) is 2.49. The first-order valence-corrected chi connectivity index (χ1v) is 5.96. The molecule has 0 saturated heterocycles. The van der Waals surface area contributed by atoms with Gasteiger partial charge in [-0.15, -0.1) is 0 Å². The molecule has 0 fully saturated rings. The van der Waals surface area contributed by atoms with Crippen LogP contribution < -0.4 is 0 Å². The second-order valence-corrected chi connectivity index (χ2v) is 4.15.